The lowest BCUT2D eigenvalue weighted by Crippen LogP contribution is -2.30. The van der Waals surface area contributed by atoms with Gasteiger partial charge in [-0.15, -0.1) is 0 Å². The van der Waals surface area contributed by atoms with Crippen LogP contribution in [-0.2, 0) is 27.5 Å². The summed E-state index contributed by atoms with van der Waals surface area (Å²) in [7, 11) is 0. The molecule has 0 aliphatic rings. The predicted molar refractivity (Wildman–Crippen MR) is 112 cm³/mol. The summed E-state index contributed by atoms with van der Waals surface area (Å²) >= 11 is 0. The third-order valence-electron chi connectivity index (χ3n) is 4.16. The first-order valence-corrected chi connectivity index (χ1v) is 9.08. The van der Waals surface area contributed by atoms with Crippen molar-refractivity contribution in [3.05, 3.63) is 76.7 Å². The number of carbonyl (C=O) groups excluding carboxylic acids is 2. The molecule has 31 heavy (non-hydrogen) atoms. The van der Waals surface area contributed by atoms with E-state index in [2.05, 4.69) is 15.6 Å². The highest BCUT2D eigenvalue weighted by molar-refractivity contribution is 5.84. The average molecular weight is 422 g/mol. The Hall–Kier alpha value is -4.47. The van der Waals surface area contributed by atoms with E-state index in [1.54, 1.807) is 48.5 Å². The van der Waals surface area contributed by atoms with Crippen molar-refractivity contribution in [2.24, 2.45) is 0 Å². The van der Waals surface area contributed by atoms with E-state index in [1.165, 1.54) is 0 Å². The highest BCUT2D eigenvalue weighted by Gasteiger charge is 2.16. The molecule has 3 rings (SSSR count). The molecule has 3 aromatic rings. The maximum Gasteiger partial charge on any atom is 0.412 e. The van der Waals surface area contributed by atoms with E-state index in [0.29, 0.717) is 17.7 Å². The quantitative estimate of drug-likeness (QED) is 0.473. The first-order valence-electron chi connectivity index (χ1n) is 9.08. The zero-order valence-corrected chi connectivity index (χ0v) is 16.1. The van der Waals surface area contributed by atoms with Crippen molar-refractivity contribution in [3.63, 3.8) is 0 Å². The molecular formula is C21H18N4O6. The predicted octanol–water partition coefficient (Wildman–Crippen LogP) is 2.31. The molecule has 0 aliphatic carbocycles. The fourth-order valence-electron chi connectivity index (χ4n) is 2.74. The molecule has 0 spiro atoms. The Morgan fingerprint density at radius 1 is 1.10 bits per heavy atom. The summed E-state index contributed by atoms with van der Waals surface area (Å²) in [4.78, 5) is 50.8. The Labute approximate surface area is 176 Å². The number of anilines is 2. The monoisotopic (exact) mass is 422 g/mol. The number of amides is 2. The number of hydrogen-bond donors (Lipinski definition) is 3. The summed E-state index contributed by atoms with van der Waals surface area (Å²) in [6, 6.07) is 15.3. The molecule has 158 valence electrons. The van der Waals surface area contributed by atoms with Crippen molar-refractivity contribution in [2.45, 2.75) is 13.2 Å². The number of carboxylic acid groups (broad SMARTS) is 1. The molecule has 1 aromatic heterocycles. The Morgan fingerprint density at radius 2 is 1.81 bits per heavy atom. The van der Waals surface area contributed by atoms with Gasteiger partial charge >= 0.3 is 12.1 Å². The standard InChI is InChI=1S/C21H18N4O6/c26-13-23-16-8-6-15(7-9-16)19-22-10-17(20(29)25(19)11-18(27)28)24-21(30)31-12-14-4-2-1-3-5-14/h1-10,13H,11-12H2,(H,23,26)(H,24,30)(H,27,28). The van der Waals surface area contributed by atoms with Crippen LogP contribution in [0.25, 0.3) is 11.4 Å². The summed E-state index contributed by atoms with van der Waals surface area (Å²) in [6.45, 7) is -0.660. The fourth-order valence-corrected chi connectivity index (χ4v) is 2.74. The van der Waals surface area contributed by atoms with E-state index in [1.807, 2.05) is 6.07 Å². The van der Waals surface area contributed by atoms with Gasteiger partial charge in [0.15, 0.2) is 0 Å². The topological polar surface area (TPSA) is 140 Å². The first kappa shape index (κ1) is 21.2. The molecule has 0 aliphatic heterocycles. The molecule has 0 bridgehead atoms. The maximum atomic E-state index is 12.8. The fraction of sp³-hybridized carbons (Fsp3) is 0.0952. The Kier molecular flexibility index (Phi) is 6.74. The lowest BCUT2D eigenvalue weighted by molar-refractivity contribution is -0.137. The van der Waals surface area contributed by atoms with Crippen molar-refractivity contribution in [3.8, 4) is 11.4 Å². The van der Waals surface area contributed by atoms with Gasteiger partial charge in [0.25, 0.3) is 5.56 Å². The van der Waals surface area contributed by atoms with Gasteiger partial charge in [0.2, 0.25) is 6.41 Å². The van der Waals surface area contributed by atoms with Crippen LogP contribution in [0.1, 0.15) is 5.56 Å². The van der Waals surface area contributed by atoms with Crippen molar-refractivity contribution < 1.29 is 24.2 Å². The summed E-state index contributed by atoms with van der Waals surface area (Å²) in [5.41, 5.74) is 0.765. The number of carboxylic acids is 1. The van der Waals surface area contributed by atoms with Crippen LogP contribution in [0.4, 0.5) is 16.2 Å². The van der Waals surface area contributed by atoms with Gasteiger partial charge in [-0.1, -0.05) is 30.3 Å². The molecule has 0 radical (unpaired) electrons. The van der Waals surface area contributed by atoms with E-state index in [9.17, 15) is 24.3 Å². The smallest absolute Gasteiger partial charge is 0.412 e. The van der Waals surface area contributed by atoms with Crippen molar-refractivity contribution in [1.82, 2.24) is 9.55 Å². The van der Waals surface area contributed by atoms with Crippen LogP contribution in [0.3, 0.4) is 0 Å². The molecule has 0 atom stereocenters. The average Bonchev–Trinajstić information content (AvgIpc) is 2.76. The number of aliphatic carboxylic acids is 1. The Morgan fingerprint density at radius 3 is 2.45 bits per heavy atom. The maximum absolute atomic E-state index is 12.8. The normalized spacial score (nSPS) is 10.2. The molecule has 0 saturated heterocycles. The van der Waals surface area contributed by atoms with Gasteiger partial charge in [0, 0.05) is 11.3 Å². The molecule has 10 nitrogen and oxygen atoms in total. The van der Waals surface area contributed by atoms with Gasteiger partial charge in [-0.3, -0.25) is 24.3 Å². The second-order valence-electron chi connectivity index (χ2n) is 6.31. The van der Waals surface area contributed by atoms with E-state index in [0.717, 1.165) is 16.3 Å². The van der Waals surface area contributed by atoms with Crippen LogP contribution in [0.2, 0.25) is 0 Å². The van der Waals surface area contributed by atoms with Crippen LogP contribution < -0.4 is 16.2 Å². The molecular weight excluding hydrogens is 404 g/mol. The van der Waals surface area contributed by atoms with Crippen molar-refractivity contribution >= 4 is 29.8 Å². The molecule has 2 aromatic carbocycles. The molecule has 0 saturated carbocycles. The van der Waals surface area contributed by atoms with Gasteiger partial charge in [-0.25, -0.2) is 9.78 Å². The lowest BCUT2D eigenvalue weighted by atomic mass is 10.2. The number of rotatable bonds is 8. The summed E-state index contributed by atoms with van der Waals surface area (Å²) in [6.07, 6.45) is 0.782. The second kappa shape index (κ2) is 9.83. The number of nitrogens with zero attached hydrogens (tertiary/aromatic N) is 2. The number of nitrogens with one attached hydrogen (secondary N) is 2. The van der Waals surface area contributed by atoms with E-state index < -0.39 is 24.2 Å². The van der Waals surface area contributed by atoms with Crippen LogP contribution in [0, 0.1) is 0 Å². The summed E-state index contributed by atoms with van der Waals surface area (Å²) < 4.78 is 6.01. The molecule has 3 N–H and O–H groups in total. The number of ether oxygens (including phenoxy) is 1. The Bertz CT molecular complexity index is 1140. The van der Waals surface area contributed by atoms with Gasteiger partial charge in [-0.2, -0.15) is 0 Å². The summed E-state index contributed by atoms with van der Waals surface area (Å²) in [5, 5.41) is 14.0. The van der Waals surface area contributed by atoms with Crippen LogP contribution in [0.15, 0.2) is 65.6 Å². The number of hydrogen-bond acceptors (Lipinski definition) is 6. The summed E-state index contributed by atoms with van der Waals surface area (Å²) in [5.74, 6) is -1.17. The van der Waals surface area contributed by atoms with E-state index in [4.69, 9.17) is 4.74 Å². The molecule has 2 amide bonds. The van der Waals surface area contributed by atoms with Crippen molar-refractivity contribution in [1.29, 1.82) is 0 Å². The molecule has 1 heterocycles. The minimum Gasteiger partial charge on any atom is -0.480 e. The van der Waals surface area contributed by atoms with Crippen LogP contribution in [0.5, 0.6) is 0 Å². The van der Waals surface area contributed by atoms with Crippen LogP contribution in [-0.4, -0.2) is 33.1 Å². The number of aromatic nitrogens is 2. The zero-order valence-electron chi connectivity index (χ0n) is 16.1. The SMILES string of the molecule is O=CNc1ccc(-c2ncc(NC(=O)OCc3ccccc3)c(=O)n2CC(=O)O)cc1. The van der Waals surface area contributed by atoms with Gasteiger partial charge in [-0.05, 0) is 29.8 Å². The third kappa shape index (κ3) is 5.54. The van der Waals surface area contributed by atoms with E-state index >= 15 is 0 Å². The zero-order chi connectivity index (χ0) is 22.2. The second-order valence-corrected chi connectivity index (χ2v) is 6.31. The Balaban J connectivity index is 1.83. The number of carbonyl (C=O) groups is 3. The lowest BCUT2D eigenvalue weighted by Gasteiger charge is -2.13. The highest BCUT2D eigenvalue weighted by Crippen LogP contribution is 2.19. The number of benzene rings is 2. The minimum absolute atomic E-state index is 0.00265. The van der Waals surface area contributed by atoms with Crippen LogP contribution >= 0.6 is 0 Å². The van der Waals surface area contributed by atoms with E-state index in [-0.39, 0.29) is 18.1 Å². The minimum atomic E-state index is -1.26. The highest BCUT2D eigenvalue weighted by atomic mass is 16.5. The molecule has 0 fully saturated rings. The molecule has 10 heteroatoms. The third-order valence-corrected chi connectivity index (χ3v) is 4.16. The van der Waals surface area contributed by atoms with Gasteiger partial charge in [0.05, 0.1) is 6.20 Å². The van der Waals surface area contributed by atoms with Crippen molar-refractivity contribution in [2.75, 3.05) is 10.6 Å². The molecule has 0 unspecified atom stereocenters. The largest absolute Gasteiger partial charge is 0.480 e. The first-order chi connectivity index (χ1) is 15.0. The van der Waals surface area contributed by atoms with Gasteiger partial charge < -0.3 is 15.2 Å². The van der Waals surface area contributed by atoms with Gasteiger partial charge in [0.1, 0.15) is 24.7 Å².